The van der Waals surface area contributed by atoms with Crippen LogP contribution in [-0.2, 0) is 0 Å². The molecule has 0 aliphatic heterocycles. The Labute approximate surface area is 167 Å². The maximum absolute atomic E-state index is 12.2. The number of hydrogen-bond acceptors (Lipinski definition) is 5. The Morgan fingerprint density at radius 2 is 1.90 bits per heavy atom. The van der Waals surface area contributed by atoms with Gasteiger partial charge in [-0.1, -0.05) is 48.2 Å². The van der Waals surface area contributed by atoms with Crippen molar-refractivity contribution in [1.29, 1.82) is 0 Å². The third-order valence-electron chi connectivity index (χ3n) is 4.07. The number of nitrogens with one attached hydrogen (secondary N) is 1. The Bertz CT molecular complexity index is 1190. The molecule has 0 unspecified atom stereocenters. The number of aromatic nitrogens is 4. The van der Waals surface area contributed by atoms with Crippen LogP contribution in [0.15, 0.2) is 73.1 Å². The normalized spacial score (nSPS) is 10.2. The van der Waals surface area contributed by atoms with Crippen LogP contribution in [0, 0.1) is 11.8 Å². The molecule has 7 heteroatoms. The maximum Gasteiger partial charge on any atom is 0.274 e. The van der Waals surface area contributed by atoms with Gasteiger partial charge in [0.25, 0.3) is 5.91 Å². The second-order valence-electron chi connectivity index (χ2n) is 6.01. The highest BCUT2D eigenvalue weighted by Crippen LogP contribution is 2.22. The van der Waals surface area contributed by atoms with E-state index in [2.05, 4.69) is 32.3 Å². The summed E-state index contributed by atoms with van der Waals surface area (Å²) in [5.41, 5.74) is 1.81. The van der Waals surface area contributed by atoms with Gasteiger partial charge in [-0.3, -0.25) is 9.78 Å². The molecule has 0 aliphatic carbocycles. The fraction of sp³-hybridized carbons (Fsp3) is 0.0909. The fourth-order valence-electron chi connectivity index (χ4n) is 2.69. The summed E-state index contributed by atoms with van der Waals surface area (Å²) < 4.78 is 5.69. The lowest BCUT2D eigenvalue weighted by Crippen LogP contribution is -2.24. The van der Waals surface area contributed by atoms with Crippen molar-refractivity contribution in [3.8, 4) is 23.3 Å². The first kappa shape index (κ1) is 18.2. The number of rotatable bonds is 5. The van der Waals surface area contributed by atoms with E-state index < -0.39 is 0 Å². The standard InChI is InChI=1S/C22H17N5O2/c28-22(19-16-25-27(26-19)18-10-2-1-3-11-18)24-13-4-5-15-29-20-12-6-8-17-9-7-14-23-21(17)20/h1-3,6-12,14,16H,13,15H2,(H,24,28). The van der Waals surface area contributed by atoms with Gasteiger partial charge in [-0.05, 0) is 24.3 Å². The largest absolute Gasteiger partial charge is 0.479 e. The summed E-state index contributed by atoms with van der Waals surface area (Å²) in [6.45, 7) is 0.393. The van der Waals surface area contributed by atoms with Gasteiger partial charge in [0.15, 0.2) is 5.69 Å². The molecule has 4 aromatic rings. The molecule has 0 bridgehead atoms. The Morgan fingerprint density at radius 1 is 1.03 bits per heavy atom. The molecule has 1 amide bonds. The van der Waals surface area contributed by atoms with Crippen LogP contribution in [0.4, 0.5) is 0 Å². The molecule has 29 heavy (non-hydrogen) atoms. The van der Waals surface area contributed by atoms with Gasteiger partial charge in [-0.25, -0.2) is 0 Å². The van der Waals surface area contributed by atoms with E-state index in [9.17, 15) is 4.79 Å². The second kappa shape index (κ2) is 8.67. The highest BCUT2D eigenvalue weighted by Gasteiger charge is 2.10. The maximum atomic E-state index is 12.2. The minimum Gasteiger partial charge on any atom is -0.479 e. The van der Waals surface area contributed by atoms with E-state index in [1.165, 1.54) is 11.0 Å². The molecular weight excluding hydrogens is 366 g/mol. The van der Waals surface area contributed by atoms with Gasteiger partial charge in [0.05, 0.1) is 18.4 Å². The molecule has 0 saturated heterocycles. The molecule has 0 radical (unpaired) electrons. The van der Waals surface area contributed by atoms with Gasteiger partial charge in [0, 0.05) is 11.6 Å². The minimum atomic E-state index is -0.333. The molecule has 1 N–H and O–H groups in total. The summed E-state index contributed by atoms with van der Waals surface area (Å²) >= 11 is 0. The zero-order valence-electron chi connectivity index (χ0n) is 15.4. The van der Waals surface area contributed by atoms with Crippen molar-refractivity contribution < 1.29 is 9.53 Å². The van der Waals surface area contributed by atoms with E-state index in [0.717, 1.165) is 16.6 Å². The van der Waals surface area contributed by atoms with Gasteiger partial charge < -0.3 is 10.1 Å². The van der Waals surface area contributed by atoms with Gasteiger partial charge in [0.2, 0.25) is 0 Å². The summed E-state index contributed by atoms with van der Waals surface area (Å²) in [5.74, 6) is 6.09. The summed E-state index contributed by atoms with van der Waals surface area (Å²) in [5, 5.41) is 12.0. The molecule has 0 aliphatic rings. The number of hydrogen-bond donors (Lipinski definition) is 1. The van der Waals surface area contributed by atoms with E-state index >= 15 is 0 Å². The molecular formula is C22H17N5O2. The van der Waals surface area contributed by atoms with Crippen LogP contribution in [0.5, 0.6) is 5.75 Å². The van der Waals surface area contributed by atoms with Crippen LogP contribution in [0.3, 0.4) is 0 Å². The van der Waals surface area contributed by atoms with Gasteiger partial charge in [-0.15, -0.1) is 5.10 Å². The number of ether oxygens (including phenoxy) is 1. The lowest BCUT2D eigenvalue weighted by atomic mass is 10.2. The van der Waals surface area contributed by atoms with E-state index in [4.69, 9.17) is 4.74 Å². The van der Waals surface area contributed by atoms with Crippen LogP contribution in [0.25, 0.3) is 16.6 Å². The predicted molar refractivity (Wildman–Crippen MR) is 109 cm³/mol. The van der Waals surface area contributed by atoms with Crippen LogP contribution in [0.1, 0.15) is 10.5 Å². The molecule has 0 fully saturated rings. The third kappa shape index (κ3) is 4.39. The lowest BCUT2D eigenvalue weighted by Gasteiger charge is -2.05. The number of amides is 1. The smallest absolute Gasteiger partial charge is 0.274 e. The number of fused-ring (bicyclic) bond motifs is 1. The molecule has 0 spiro atoms. The van der Waals surface area contributed by atoms with Crippen molar-refractivity contribution >= 4 is 16.8 Å². The zero-order valence-corrected chi connectivity index (χ0v) is 15.4. The molecule has 7 nitrogen and oxygen atoms in total. The topological polar surface area (TPSA) is 81.9 Å². The number of carbonyl (C=O) groups excluding carboxylic acids is 1. The number of benzene rings is 2. The average Bonchev–Trinajstić information content (AvgIpc) is 3.27. The van der Waals surface area contributed by atoms with Crippen molar-refractivity contribution in [2.45, 2.75) is 0 Å². The van der Waals surface area contributed by atoms with E-state index in [-0.39, 0.29) is 24.8 Å². The van der Waals surface area contributed by atoms with Crippen molar-refractivity contribution in [2.75, 3.05) is 13.2 Å². The third-order valence-corrected chi connectivity index (χ3v) is 4.07. The average molecular weight is 383 g/mol. The molecule has 0 atom stereocenters. The highest BCUT2D eigenvalue weighted by atomic mass is 16.5. The SMILES string of the molecule is O=C(NCC#CCOc1cccc2cccnc12)c1cnn(-c2ccccc2)n1. The van der Waals surface area contributed by atoms with Gasteiger partial charge >= 0.3 is 0 Å². The molecule has 2 aromatic carbocycles. The van der Waals surface area contributed by atoms with Crippen LogP contribution in [-0.4, -0.2) is 39.0 Å². The van der Waals surface area contributed by atoms with Gasteiger partial charge in [-0.2, -0.15) is 9.90 Å². The van der Waals surface area contributed by atoms with Crippen molar-refractivity contribution in [3.05, 3.63) is 78.8 Å². The Kier molecular flexibility index (Phi) is 5.44. The first-order valence-corrected chi connectivity index (χ1v) is 8.99. The first-order valence-electron chi connectivity index (χ1n) is 8.99. The van der Waals surface area contributed by atoms with E-state index in [1.54, 1.807) is 6.20 Å². The summed E-state index contributed by atoms with van der Waals surface area (Å²) in [7, 11) is 0. The van der Waals surface area contributed by atoms with Crippen LogP contribution in [0.2, 0.25) is 0 Å². The fourth-order valence-corrected chi connectivity index (χ4v) is 2.69. The number of nitrogens with zero attached hydrogens (tertiary/aromatic N) is 4. The van der Waals surface area contributed by atoms with Gasteiger partial charge in [0.1, 0.15) is 17.9 Å². The zero-order chi connectivity index (χ0) is 19.9. The lowest BCUT2D eigenvalue weighted by molar-refractivity contribution is 0.0953. The van der Waals surface area contributed by atoms with Crippen LogP contribution < -0.4 is 10.1 Å². The summed E-state index contributed by atoms with van der Waals surface area (Å²) in [6.07, 6.45) is 3.15. The molecule has 0 saturated carbocycles. The summed E-state index contributed by atoms with van der Waals surface area (Å²) in [6, 6.07) is 19.0. The van der Waals surface area contributed by atoms with Crippen LogP contribution >= 0.6 is 0 Å². The summed E-state index contributed by atoms with van der Waals surface area (Å²) in [4.78, 5) is 17.9. The molecule has 2 heterocycles. The number of carbonyl (C=O) groups is 1. The monoisotopic (exact) mass is 383 g/mol. The number of pyridine rings is 1. The molecule has 2 aromatic heterocycles. The minimum absolute atomic E-state index is 0.189. The first-order chi connectivity index (χ1) is 14.3. The Morgan fingerprint density at radius 3 is 2.79 bits per heavy atom. The quantitative estimate of drug-likeness (QED) is 0.536. The van der Waals surface area contributed by atoms with E-state index in [0.29, 0.717) is 5.75 Å². The van der Waals surface area contributed by atoms with E-state index in [1.807, 2.05) is 60.7 Å². The molecule has 4 rings (SSSR count). The molecule has 142 valence electrons. The second-order valence-corrected chi connectivity index (χ2v) is 6.01. The number of para-hydroxylation sites is 2. The predicted octanol–water partition coefficient (Wildman–Crippen LogP) is 2.63. The van der Waals surface area contributed by atoms with Crippen molar-refractivity contribution in [2.24, 2.45) is 0 Å². The Balaban J connectivity index is 1.28. The Hall–Kier alpha value is -4.18. The highest BCUT2D eigenvalue weighted by molar-refractivity contribution is 5.92. The van der Waals surface area contributed by atoms with Crippen molar-refractivity contribution in [3.63, 3.8) is 0 Å². The van der Waals surface area contributed by atoms with Crippen molar-refractivity contribution in [1.82, 2.24) is 25.3 Å².